The fraction of sp³-hybridized carbons (Fsp3) is 0.250. The van der Waals surface area contributed by atoms with Crippen molar-refractivity contribution in [1.82, 2.24) is 14.8 Å². The number of fused-ring (bicyclic) bond motifs is 1. The van der Waals surface area contributed by atoms with Crippen molar-refractivity contribution in [2.75, 3.05) is 11.9 Å². The molecule has 0 radical (unpaired) electrons. The van der Waals surface area contributed by atoms with Gasteiger partial charge < -0.3 is 0 Å². The van der Waals surface area contributed by atoms with Gasteiger partial charge in [-0.15, -0.1) is 11.3 Å². The van der Waals surface area contributed by atoms with Crippen LogP contribution in [0.1, 0.15) is 16.0 Å². The average Bonchev–Trinajstić information content (AvgIpc) is 3.33. The normalized spacial score (nSPS) is 16.1. The number of nitrogens with zero attached hydrogens (tertiary/aromatic N) is 4. The number of carbonyl (C=O) groups is 1. The van der Waals surface area contributed by atoms with Crippen molar-refractivity contribution in [1.29, 1.82) is 0 Å². The van der Waals surface area contributed by atoms with Crippen LogP contribution in [0, 0.1) is 17.8 Å². The third-order valence-electron chi connectivity index (χ3n) is 4.47. The Morgan fingerprint density at radius 1 is 1.38 bits per heavy atom. The first-order valence-electron chi connectivity index (χ1n) is 8.46. The van der Waals surface area contributed by atoms with Crippen molar-refractivity contribution in [3.05, 3.63) is 64.2 Å². The molecule has 1 atom stereocenters. The van der Waals surface area contributed by atoms with Crippen molar-refractivity contribution in [2.45, 2.75) is 19.4 Å². The lowest BCUT2D eigenvalue weighted by Crippen LogP contribution is -2.40. The van der Waals surface area contributed by atoms with Crippen molar-refractivity contribution in [3.8, 4) is 11.8 Å². The monoisotopic (exact) mass is 362 g/mol. The van der Waals surface area contributed by atoms with E-state index in [0.29, 0.717) is 13.0 Å². The van der Waals surface area contributed by atoms with Gasteiger partial charge in [0.2, 0.25) is 5.91 Å². The Labute approximate surface area is 156 Å². The van der Waals surface area contributed by atoms with E-state index in [2.05, 4.69) is 39.4 Å². The fourth-order valence-electron chi connectivity index (χ4n) is 3.20. The summed E-state index contributed by atoms with van der Waals surface area (Å²) in [4.78, 5) is 20.1. The summed E-state index contributed by atoms with van der Waals surface area (Å²) in [5, 5.41) is 6.19. The van der Waals surface area contributed by atoms with Crippen LogP contribution in [-0.4, -0.2) is 27.7 Å². The average molecular weight is 362 g/mol. The summed E-state index contributed by atoms with van der Waals surface area (Å²) in [6.45, 7) is 0.545. The van der Waals surface area contributed by atoms with E-state index in [-0.39, 0.29) is 11.8 Å². The van der Waals surface area contributed by atoms with Crippen molar-refractivity contribution in [3.63, 3.8) is 0 Å². The highest BCUT2D eigenvalue weighted by Gasteiger charge is 2.31. The summed E-state index contributed by atoms with van der Waals surface area (Å²) in [5.41, 5.74) is 1.95. The van der Waals surface area contributed by atoms with Gasteiger partial charge in [-0.2, -0.15) is 5.10 Å². The largest absolute Gasteiger partial charge is 0.299 e. The van der Waals surface area contributed by atoms with E-state index in [1.165, 1.54) is 4.88 Å². The Hall–Kier alpha value is -2.91. The van der Waals surface area contributed by atoms with Gasteiger partial charge in [0.05, 0.1) is 0 Å². The van der Waals surface area contributed by atoms with Crippen LogP contribution in [0.25, 0.3) is 0 Å². The molecule has 1 aliphatic rings. The maximum atomic E-state index is 12.7. The highest BCUT2D eigenvalue weighted by molar-refractivity contribution is 7.09. The highest BCUT2D eigenvalue weighted by Crippen LogP contribution is 2.30. The molecule has 1 unspecified atom stereocenters. The van der Waals surface area contributed by atoms with Crippen LogP contribution in [0.3, 0.4) is 0 Å². The molecule has 0 fully saturated rings. The SMILES string of the molecule is CN1C(=O)C(Cc2cccs2)Cc2cc(C#CCn3cccn3)cnc21. The molecule has 0 aliphatic carbocycles. The molecule has 3 aromatic heterocycles. The molecular formula is C20H18N4OS. The minimum absolute atomic E-state index is 0.0415. The predicted octanol–water partition coefficient (Wildman–Crippen LogP) is 2.77. The smallest absolute Gasteiger partial charge is 0.231 e. The third-order valence-corrected chi connectivity index (χ3v) is 5.37. The lowest BCUT2D eigenvalue weighted by atomic mass is 9.90. The topological polar surface area (TPSA) is 51.0 Å². The van der Waals surface area contributed by atoms with Crippen LogP contribution in [0.5, 0.6) is 0 Å². The van der Waals surface area contributed by atoms with Crippen LogP contribution < -0.4 is 4.90 Å². The van der Waals surface area contributed by atoms with Crippen LogP contribution in [0.4, 0.5) is 5.82 Å². The molecule has 0 saturated carbocycles. The maximum Gasteiger partial charge on any atom is 0.231 e. The second-order valence-electron chi connectivity index (χ2n) is 6.29. The van der Waals surface area contributed by atoms with Crippen LogP contribution >= 0.6 is 11.3 Å². The van der Waals surface area contributed by atoms with Gasteiger partial charge in [-0.25, -0.2) is 4.98 Å². The summed E-state index contributed by atoms with van der Waals surface area (Å²) in [7, 11) is 1.80. The van der Waals surface area contributed by atoms with Crippen molar-refractivity contribution in [2.24, 2.45) is 5.92 Å². The summed E-state index contributed by atoms with van der Waals surface area (Å²) in [6.07, 6.45) is 6.84. The molecule has 1 amide bonds. The molecule has 0 N–H and O–H groups in total. The van der Waals surface area contributed by atoms with Gasteiger partial charge in [-0.05, 0) is 42.0 Å². The summed E-state index contributed by atoms with van der Waals surface area (Å²) in [6, 6.07) is 8.05. The molecule has 130 valence electrons. The summed E-state index contributed by atoms with van der Waals surface area (Å²) < 4.78 is 1.78. The molecular weight excluding hydrogens is 344 g/mol. The number of carbonyl (C=O) groups excluding carboxylic acids is 1. The predicted molar refractivity (Wildman–Crippen MR) is 102 cm³/mol. The highest BCUT2D eigenvalue weighted by atomic mass is 32.1. The number of aromatic nitrogens is 3. The second-order valence-corrected chi connectivity index (χ2v) is 7.33. The van der Waals surface area contributed by atoms with E-state index in [4.69, 9.17) is 0 Å². The number of anilines is 1. The molecule has 4 rings (SSSR count). The molecule has 0 bridgehead atoms. The summed E-state index contributed by atoms with van der Waals surface area (Å²) >= 11 is 1.70. The fourth-order valence-corrected chi connectivity index (χ4v) is 3.99. The van der Waals surface area contributed by atoms with E-state index < -0.39 is 0 Å². The zero-order chi connectivity index (χ0) is 17.9. The molecule has 26 heavy (non-hydrogen) atoms. The Balaban J connectivity index is 1.54. The van der Waals surface area contributed by atoms with Gasteiger partial charge in [0.1, 0.15) is 12.4 Å². The van der Waals surface area contributed by atoms with Gasteiger partial charge in [-0.3, -0.25) is 14.4 Å². The number of hydrogen-bond donors (Lipinski definition) is 0. The molecule has 0 saturated heterocycles. The summed E-state index contributed by atoms with van der Waals surface area (Å²) in [5.74, 6) is 7.09. The lowest BCUT2D eigenvalue weighted by molar-refractivity contribution is -0.122. The third kappa shape index (κ3) is 3.39. The van der Waals surface area contributed by atoms with E-state index in [0.717, 1.165) is 23.4 Å². The maximum absolute atomic E-state index is 12.7. The number of pyridine rings is 1. The lowest BCUT2D eigenvalue weighted by Gasteiger charge is -2.30. The first kappa shape index (κ1) is 16.6. The van der Waals surface area contributed by atoms with Gasteiger partial charge >= 0.3 is 0 Å². The molecule has 5 nitrogen and oxygen atoms in total. The number of rotatable bonds is 3. The van der Waals surface area contributed by atoms with Crippen LogP contribution in [-0.2, 0) is 24.2 Å². The zero-order valence-corrected chi connectivity index (χ0v) is 15.2. The minimum Gasteiger partial charge on any atom is -0.299 e. The standard InChI is InChI=1S/C20H18N4OS/c1-23-19-16(12-17(20(23)25)13-18-6-3-10-26-18)11-15(14-21-19)5-2-8-24-9-4-7-22-24/h3-4,6-7,9-11,14,17H,8,12-13H2,1H3. The van der Waals surface area contributed by atoms with E-state index in [1.54, 1.807) is 40.4 Å². The Morgan fingerprint density at radius 3 is 3.08 bits per heavy atom. The van der Waals surface area contributed by atoms with Gasteiger partial charge in [0.15, 0.2) is 0 Å². The van der Waals surface area contributed by atoms with Crippen molar-refractivity contribution < 1.29 is 4.79 Å². The number of hydrogen-bond acceptors (Lipinski definition) is 4. The van der Waals surface area contributed by atoms with Gasteiger partial charge in [-0.1, -0.05) is 17.9 Å². The van der Waals surface area contributed by atoms with E-state index in [1.807, 2.05) is 18.3 Å². The second kappa shape index (κ2) is 7.14. The molecule has 6 heteroatoms. The van der Waals surface area contributed by atoms with Gasteiger partial charge in [0.25, 0.3) is 0 Å². The molecule has 1 aliphatic heterocycles. The molecule has 3 aromatic rings. The molecule has 0 spiro atoms. The first-order valence-corrected chi connectivity index (χ1v) is 9.34. The Bertz CT molecular complexity index is 967. The molecule has 4 heterocycles. The molecule has 0 aromatic carbocycles. The Morgan fingerprint density at radius 2 is 2.31 bits per heavy atom. The van der Waals surface area contributed by atoms with E-state index in [9.17, 15) is 4.79 Å². The Kier molecular flexibility index (Phi) is 4.55. The van der Waals surface area contributed by atoms with Crippen LogP contribution in [0.2, 0.25) is 0 Å². The number of amides is 1. The van der Waals surface area contributed by atoms with E-state index >= 15 is 0 Å². The van der Waals surface area contributed by atoms with Crippen LogP contribution in [0.15, 0.2) is 48.2 Å². The number of thiophene rings is 1. The first-order chi connectivity index (χ1) is 12.7. The van der Waals surface area contributed by atoms with Crippen molar-refractivity contribution >= 4 is 23.1 Å². The van der Waals surface area contributed by atoms with Gasteiger partial charge in [0, 0.05) is 42.0 Å². The minimum atomic E-state index is -0.0415. The quantitative estimate of drug-likeness (QED) is 0.673. The zero-order valence-electron chi connectivity index (χ0n) is 14.4.